The van der Waals surface area contributed by atoms with Crippen LogP contribution in [0.1, 0.15) is 23.0 Å². The van der Waals surface area contributed by atoms with Gasteiger partial charge in [0.15, 0.2) is 0 Å². The van der Waals surface area contributed by atoms with Crippen LogP contribution in [0.3, 0.4) is 0 Å². The maximum absolute atomic E-state index is 8.88. The van der Waals surface area contributed by atoms with Gasteiger partial charge in [-0.1, -0.05) is 0 Å². The minimum Gasteiger partial charge on any atom is -0.394 e. The molecule has 0 aliphatic heterocycles. The van der Waals surface area contributed by atoms with Crippen molar-refractivity contribution in [2.45, 2.75) is 19.9 Å². The number of aromatic nitrogens is 2. The summed E-state index contributed by atoms with van der Waals surface area (Å²) in [5, 5.41) is 13.1. The molecule has 4 heteroatoms. The van der Waals surface area contributed by atoms with Gasteiger partial charge in [0.05, 0.1) is 18.3 Å². The van der Waals surface area contributed by atoms with Crippen LogP contribution in [-0.4, -0.2) is 21.5 Å². The Labute approximate surface area is 72.0 Å². The zero-order chi connectivity index (χ0) is 9.30. The zero-order valence-electron chi connectivity index (χ0n) is 7.70. The van der Waals surface area contributed by atoms with Crippen molar-refractivity contribution in [2.24, 2.45) is 12.8 Å². The van der Waals surface area contributed by atoms with Crippen LogP contribution in [0.25, 0.3) is 0 Å². The van der Waals surface area contributed by atoms with E-state index in [0.29, 0.717) is 0 Å². The highest BCUT2D eigenvalue weighted by atomic mass is 16.3. The van der Waals surface area contributed by atoms with Gasteiger partial charge in [0.1, 0.15) is 0 Å². The highest BCUT2D eigenvalue weighted by Crippen LogP contribution is 2.18. The molecule has 1 atom stereocenters. The van der Waals surface area contributed by atoms with Gasteiger partial charge in [0, 0.05) is 18.3 Å². The Kier molecular flexibility index (Phi) is 2.49. The first-order valence-corrected chi connectivity index (χ1v) is 3.94. The zero-order valence-corrected chi connectivity index (χ0v) is 7.70. The highest BCUT2D eigenvalue weighted by molar-refractivity contribution is 5.27. The average Bonchev–Trinajstić information content (AvgIpc) is 2.26. The van der Waals surface area contributed by atoms with E-state index < -0.39 is 0 Å². The Bertz CT molecular complexity index is 280. The number of nitrogens with zero attached hydrogens (tertiary/aromatic N) is 2. The van der Waals surface area contributed by atoms with Crippen molar-refractivity contribution in [2.75, 3.05) is 6.61 Å². The molecule has 1 aromatic rings. The molecule has 0 bridgehead atoms. The lowest BCUT2D eigenvalue weighted by molar-refractivity contribution is 0.267. The fourth-order valence-electron chi connectivity index (χ4n) is 1.42. The topological polar surface area (TPSA) is 64.1 Å². The Balaban J connectivity index is 3.13. The molecule has 0 saturated heterocycles. The van der Waals surface area contributed by atoms with Crippen LogP contribution < -0.4 is 5.73 Å². The molecular weight excluding hydrogens is 154 g/mol. The number of nitrogens with two attached hydrogens (primary N) is 1. The van der Waals surface area contributed by atoms with E-state index in [0.717, 1.165) is 17.0 Å². The summed E-state index contributed by atoms with van der Waals surface area (Å²) in [7, 11) is 1.87. The summed E-state index contributed by atoms with van der Waals surface area (Å²) in [5.41, 5.74) is 8.59. The maximum atomic E-state index is 8.88. The van der Waals surface area contributed by atoms with Crippen LogP contribution in [0.2, 0.25) is 0 Å². The van der Waals surface area contributed by atoms with E-state index in [2.05, 4.69) is 5.10 Å². The van der Waals surface area contributed by atoms with Crippen LogP contribution in [0.15, 0.2) is 0 Å². The van der Waals surface area contributed by atoms with Gasteiger partial charge in [-0.3, -0.25) is 4.68 Å². The van der Waals surface area contributed by atoms with Crippen molar-refractivity contribution < 1.29 is 5.11 Å². The summed E-state index contributed by atoms with van der Waals surface area (Å²) in [6.07, 6.45) is 0. The molecule has 1 rings (SSSR count). The van der Waals surface area contributed by atoms with Crippen molar-refractivity contribution in [3.8, 4) is 0 Å². The van der Waals surface area contributed by atoms with Crippen LogP contribution in [-0.2, 0) is 7.05 Å². The normalized spacial score (nSPS) is 13.4. The lowest BCUT2D eigenvalue weighted by atomic mass is 10.1. The SMILES string of the molecule is Cc1nn(C)c(C)c1[C@H](N)CO. The summed E-state index contributed by atoms with van der Waals surface area (Å²) in [6.45, 7) is 3.82. The second-order valence-electron chi connectivity index (χ2n) is 3.00. The first-order chi connectivity index (χ1) is 5.57. The number of aliphatic hydroxyl groups excluding tert-OH is 1. The van der Waals surface area contributed by atoms with E-state index in [-0.39, 0.29) is 12.6 Å². The Morgan fingerprint density at radius 2 is 2.17 bits per heavy atom. The number of aliphatic hydroxyl groups is 1. The Morgan fingerprint density at radius 3 is 2.50 bits per heavy atom. The molecule has 68 valence electrons. The van der Waals surface area contributed by atoms with Gasteiger partial charge in [-0.25, -0.2) is 0 Å². The summed E-state index contributed by atoms with van der Waals surface area (Å²) >= 11 is 0. The lowest BCUT2D eigenvalue weighted by Gasteiger charge is -2.07. The molecule has 1 aromatic heterocycles. The quantitative estimate of drug-likeness (QED) is 0.656. The molecule has 0 unspecified atom stereocenters. The number of rotatable bonds is 2. The molecule has 0 spiro atoms. The maximum Gasteiger partial charge on any atom is 0.0645 e. The fraction of sp³-hybridized carbons (Fsp3) is 0.625. The molecule has 3 N–H and O–H groups in total. The summed E-state index contributed by atoms with van der Waals surface area (Å²) in [6, 6.07) is -0.307. The van der Waals surface area contributed by atoms with Gasteiger partial charge in [-0.2, -0.15) is 5.10 Å². The molecule has 0 aromatic carbocycles. The van der Waals surface area contributed by atoms with E-state index in [1.165, 1.54) is 0 Å². The van der Waals surface area contributed by atoms with Gasteiger partial charge >= 0.3 is 0 Å². The second kappa shape index (κ2) is 3.25. The van der Waals surface area contributed by atoms with Crippen molar-refractivity contribution in [1.29, 1.82) is 0 Å². The standard InChI is InChI=1S/C8H15N3O/c1-5-8(7(9)4-12)6(2)11(3)10-5/h7,12H,4,9H2,1-3H3/t7-/m1/s1. The minimum atomic E-state index is -0.307. The molecule has 0 amide bonds. The molecule has 0 aliphatic carbocycles. The van der Waals surface area contributed by atoms with Gasteiger partial charge in [0.2, 0.25) is 0 Å². The van der Waals surface area contributed by atoms with Crippen molar-refractivity contribution in [3.05, 3.63) is 17.0 Å². The first-order valence-electron chi connectivity index (χ1n) is 3.94. The smallest absolute Gasteiger partial charge is 0.0645 e. The Morgan fingerprint density at radius 1 is 1.58 bits per heavy atom. The molecule has 0 fully saturated rings. The van der Waals surface area contributed by atoms with Crippen LogP contribution in [0, 0.1) is 13.8 Å². The molecule has 12 heavy (non-hydrogen) atoms. The van der Waals surface area contributed by atoms with Crippen LogP contribution in [0.5, 0.6) is 0 Å². The monoisotopic (exact) mass is 169 g/mol. The molecule has 4 nitrogen and oxygen atoms in total. The fourth-order valence-corrected chi connectivity index (χ4v) is 1.42. The van der Waals surface area contributed by atoms with E-state index in [4.69, 9.17) is 10.8 Å². The minimum absolute atomic E-state index is 0.0344. The van der Waals surface area contributed by atoms with Gasteiger partial charge in [-0.05, 0) is 13.8 Å². The predicted octanol–water partition coefficient (Wildman–Crippen LogP) is 0.0290. The summed E-state index contributed by atoms with van der Waals surface area (Å²) in [5.74, 6) is 0. The molecular formula is C8H15N3O. The number of hydrogen-bond acceptors (Lipinski definition) is 3. The predicted molar refractivity (Wildman–Crippen MR) is 46.7 cm³/mol. The molecule has 1 heterocycles. The van der Waals surface area contributed by atoms with E-state index in [1.54, 1.807) is 4.68 Å². The molecule has 0 aliphatic rings. The van der Waals surface area contributed by atoms with Crippen LogP contribution in [0.4, 0.5) is 0 Å². The van der Waals surface area contributed by atoms with E-state index in [1.807, 2.05) is 20.9 Å². The largest absolute Gasteiger partial charge is 0.394 e. The van der Waals surface area contributed by atoms with Gasteiger partial charge in [-0.15, -0.1) is 0 Å². The Hall–Kier alpha value is -0.870. The van der Waals surface area contributed by atoms with E-state index >= 15 is 0 Å². The van der Waals surface area contributed by atoms with E-state index in [9.17, 15) is 0 Å². The molecule has 0 radical (unpaired) electrons. The van der Waals surface area contributed by atoms with Crippen molar-refractivity contribution in [1.82, 2.24) is 9.78 Å². The summed E-state index contributed by atoms with van der Waals surface area (Å²) < 4.78 is 1.78. The third-order valence-corrected chi connectivity index (χ3v) is 2.13. The average molecular weight is 169 g/mol. The van der Waals surface area contributed by atoms with Crippen molar-refractivity contribution >= 4 is 0 Å². The number of aryl methyl sites for hydroxylation is 2. The highest BCUT2D eigenvalue weighted by Gasteiger charge is 2.15. The van der Waals surface area contributed by atoms with Crippen molar-refractivity contribution in [3.63, 3.8) is 0 Å². The third kappa shape index (κ3) is 1.35. The molecule has 0 saturated carbocycles. The van der Waals surface area contributed by atoms with Gasteiger partial charge in [0.25, 0.3) is 0 Å². The second-order valence-corrected chi connectivity index (χ2v) is 3.00. The first kappa shape index (κ1) is 9.22. The lowest BCUT2D eigenvalue weighted by Crippen LogP contribution is -2.16. The van der Waals surface area contributed by atoms with Crippen LogP contribution >= 0.6 is 0 Å². The van der Waals surface area contributed by atoms with Gasteiger partial charge < -0.3 is 10.8 Å². The third-order valence-electron chi connectivity index (χ3n) is 2.13. The number of hydrogen-bond donors (Lipinski definition) is 2. The summed E-state index contributed by atoms with van der Waals surface area (Å²) in [4.78, 5) is 0.